The first-order valence-electron chi connectivity index (χ1n) is 6.08. The van der Waals surface area contributed by atoms with Crippen LogP contribution in [0.1, 0.15) is 37.7 Å². The molecule has 1 aromatic heterocycles. The van der Waals surface area contributed by atoms with E-state index in [1.54, 1.807) is 6.20 Å². The Morgan fingerprint density at radius 2 is 2.16 bits per heavy atom. The number of hydrogen-bond donors (Lipinski definition) is 1. The van der Waals surface area contributed by atoms with Crippen LogP contribution in [0.5, 0.6) is 0 Å². The lowest BCUT2D eigenvalue weighted by molar-refractivity contribution is -0.112. The minimum Gasteiger partial charge on any atom is -0.357 e. The van der Waals surface area contributed by atoms with Gasteiger partial charge in [-0.1, -0.05) is 19.3 Å². The normalized spacial score (nSPS) is 17.2. The highest BCUT2D eigenvalue weighted by Gasteiger charge is 2.32. The lowest BCUT2D eigenvalue weighted by atomic mass is 9.83. The smallest absolute Gasteiger partial charge is 0.224 e. The van der Waals surface area contributed by atoms with Crippen molar-refractivity contribution in [3.05, 3.63) is 17.0 Å². The molecule has 1 aromatic rings. The van der Waals surface area contributed by atoms with Crippen LogP contribution < -0.4 is 5.32 Å². The van der Waals surface area contributed by atoms with Crippen LogP contribution in [-0.2, 0) is 4.79 Å². The van der Waals surface area contributed by atoms with Crippen LogP contribution in [0.3, 0.4) is 0 Å². The largest absolute Gasteiger partial charge is 0.357 e. The number of aromatic nitrogens is 2. The zero-order chi connectivity index (χ0) is 13.7. The number of carbonyl (C=O) groups is 1. The third-order valence-corrected chi connectivity index (χ3v) is 3.66. The summed E-state index contributed by atoms with van der Waals surface area (Å²) >= 11 is 8.86. The van der Waals surface area contributed by atoms with Crippen LogP contribution in [-0.4, -0.2) is 21.8 Å². The van der Waals surface area contributed by atoms with Gasteiger partial charge in [-0.3, -0.25) is 0 Å². The Morgan fingerprint density at radius 1 is 1.42 bits per heavy atom. The van der Waals surface area contributed by atoms with Gasteiger partial charge in [0.25, 0.3) is 0 Å². The topological polar surface area (TPSA) is 54.9 Å². The fraction of sp³-hybridized carbons (Fsp3) is 0.462. The molecule has 0 amide bonds. The van der Waals surface area contributed by atoms with Gasteiger partial charge in [-0.15, -0.1) is 0 Å². The quantitative estimate of drug-likeness (QED) is 0.521. The fourth-order valence-corrected chi connectivity index (χ4v) is 2.64. The lowest BCUT2D eigenvalue weighted by Crippen LogP contribution is -2.42. The molecule has 0 aliphatic heterocycles. The number of aldehydes is 1. The Hall–Kier alpha value is -1.12. The molecule has 2 rings (SSSR count). The molecular weight excluding hydrogens is 330 g/mol. The molecule has 1 N–H and O–H groups in total. The molecule has 1 heterocycles. The van der Waals surface area contributed by atoms with Gasteiger partial charge in [0.1, 0.15) is 12.1 Å². The number of halogens is 2. The highest BCUT2D eigenvalue weighted by atomic mass is 79.9. The molecule has 0 aromatic carbocycles. The maximum atomic E-state index is 11.5. The van der Waals surface area contributed by atoms with E-state index in [0.29, 0.717) is 11.4 Å². The van der Waals surface area contributed by atoms with Gasteiger partial charge in [-0.25, -0.2) is 4.98 Å². The molecule has 1 saturated carbocycles. The Morgan fingerprint density at radius 3 is 2.79 bits per heavy atom. The van der Waals surface area contributed by atoms with Gasteiger partial charge in [0.2, 0.25) is 5.28 Å². The summed E-state index contributed by atoms with van der Waals surface area (Å²) in [6, 6.07) is 0. The maximum Gasteiger partial charge on any atom is 0.224 e. The number of anilines is 1. The second kappa shape index (κ2) is 6.36. The van der Waals surface area contributed by atoms with Crippen molar-refractivity contribution in [1.29, 1.82) is 0 Å². The van der Waals surface area contributed by atoms with Crippen molar-refractivity contribution in [2.45, 2.75) is 37.6 Å². The van der Waals surface area contributed by atoms with Crippen LogP contribution in [0.15, 0.2) is 6.20 Å². The molecule has 0 radical (unpaired) electrons. The number of rotatable bonds is 3. The molecule has 100 valence electrons. The van der Waals surface area contributed by atoms with E-state index in [0.717, 1.165) is 38.4 Å². The monoisotopic (exact) mass is 341 g/mol. The van der Waals surface area contributed by atoms with E-state index >= 15 is 0 Å². The summed E-state index contributed by atoms with van der Waals surface area (Å²) in [7, 11) is 0. The summed E-state index contributed by atoms with van der Waals surface area (Å²) in [5.74, 6) is 3.35. The Bertz CT molecular complexity index is 532. The molecule has 0 saturated heterocycles. The van der Waals surface area contributed by atoms with Crippen molar-refractivity contribution in [2.24, 2.45) is 0 Å². The summed E-state index contributed by atoms with van der Waals surface area (Å²) in [5.41, 5.74) is 0.0617. The number of carbonyl (C=O) groups excluding carboxylic acids is 1. The Labute approximate surface area is 125 Å². The Balaban J connectivity index is 2.32. The molecule has 1 aliphatic rings. The van der Waals surface area contributed by atoms with Crippen molar-refractivity contribution in [3.8, 4) is 10.8 Å². The lowest BCUT2D eigenvalue weighted by Gasteiger charge is -2.33. The van der Waals surface area contributed by atoms with Gasteiger partial charge >= 0.3 is 0 Å². The minimum atomic E-state index is -0.557. The van der Waals surface area contributed by atoms with Crippen LogP contribution in [0.4, 0.5) is 5.82 Å². The SMILES string of the molecule is O=CC1(Nc2nc(Cl)ncc2C#CBr)CCCCC1. The maximum absolute atomic E-state index is 11.5. The summed E-state index contributed by atoms with van der Waals surface area (Å²) in [4.78, 5) is 22.1. The molecule has 0 bridgehead atoms. The average molecular weight is 343 g/mol. The first-order chi connectivity index (χ1) is 9.19. The van der Waals surface area contributed by atoms with Gasteiger partial charge in [-0.05, 0) is 35.2 Å². The summed E-state index contributed by atoms with van der Waals surface area (Å²) in [5, 5.41) is 3.35. The second-order valence-electron chi connectivity index (χ2n) is 4.58. The van der Waals surface area contributed by atoms with Gasteiger partial charge in [-0.2, -0.15) is 4.98 Å². The first-order valence-corrected chi connectivity index (χ1v) is 7.25. The van der Waals surface area contributed by atoms with Crippen molar-refractivity contribution < 1.29 is 4.79 Å². The van der Waals surface area contributed by atoms with E-state index in [1.807, 2.05) is 0 Å². The van der Waals surface area contributed by atoms with Crippen molar-refractivity contribution in [1.82, 2.24) is 9.97 Å². The molecule has 6 heteroatoms. The zero-order valence-electron chi connectivity index (χ0n) is 10.2. The number of nitrogens with zero attached hydrogens (tertiary/aromatic N) is 2. The van der Waals surface area contributed by atoms with Crippen LogP contribution in [0, 0.1) is 10.8 Å². The Kier molecular flexibility index (Phi) is 4.78. The molecule has 1 aliphatic carbocycles. The van der Waals surface area contributed by atoms with E-state index in [-0.39, 0.29) is 5.28 Å². The first kappa shape index (κ1) is 14.3. The fourth-order valence-electron chi connectivity index (χ4n) is 2.29. The van der Waals surface area contributed by atoms with Gasteiger partial charge in [0, 0.05) is 22.1 Å². The van der Waals surface area contributed by atoms with Crippen LogP contribution in [0.2, 0.25) is 5.28 Å². The van der Waals surface area contributed by atoms with Gasteiger partial charge in [0.05, 0.1) is 11.1 Å². The molecule has 0 spiro atoms. The molecular formula is C13H13BrClN3O. The molecule has 4 nitrogen and oxygen atoms in total. The third kappa shape index (κ3) is 3.46. The summed E-state index contributed by atoms with van der Waals surface area (Å²) in [6.45, 7) is 0. The molecule has 0 atom stereocenters. The van der Waals surface area contributed by atoms with E-state index < -0.39 is 5.54 Å². The third-order valence-electron chi connectivity index (χ3n) is 3.28. The van der Waals surface area contributed by atoms with Gasteiger partial charge < -0.3 is 10.1 Å². The zero-order valence-corrected chi connectivity index (χ0v) is 12.6. The molecule has 1 fully saturated rings. The highest BCUT2D eigenvalue weighted by Crippen LogP contribution is 2.30. The highest BCUT2D eigenvalue weighted by molar-refractivity contribution is 9.12. The van der Waals surface area contributed by atoms with Crippen molar-refractivity contribution >= 4 is 39.6 Å². The van der Waals surface area contributed by atoms with Crippen molar-refractivity contribution in [3.63, 3.8) is 0 Å². The molecule has 19 heavy (non-hydrogen) atoms. The summed E-state index contributed by atoms with van der Waals surface area (Å²) in [6.07, 6.45) is 7.36. The van der Waals surface area contributed by atoms with E-state index in [2.05, 4.69) is 42.0 Å². The average Bonchev–Trinajstić information content (AvgIpc) is 2.43. The van der Waals surface area contributed by atoms with Gasteiger partial charge in [0.15, 0.2) is 0 Å². The van der Waals surface area contributed by atoms with Crippen LogP contribution in [0.25, 0.3) is 0 Å². The summed E-state index contributed by atoms with van der Waals surface area (Å²) < 4.78 is 0. The second-order valence-corrected chi connectivity index (χ2v) is 5.32. The number of nitrogens with one attached hydrogen (secondary N) is 1. The van der Waals surface area contributed by atoms with E-state index in [4.69, 9.17) is 11.6 Å². The number of hydrogen-bond acceptors (Lipinski definition) is 4. The van der Waals surface area contributed by atoms with Crippen LogP contribution >= 0.6 is 27.5 Å². The van der Waals surface area contributed by atoms with E-state index in [9.17, 15) is 4.79 Å². The van der Waals surface area contributed by atoms with Crippen molar-refractivity contribution in [2.75, 3.05) is 5.32 Å². The van der Waals surface area contributed by atoms with E-state index in [1.165, 1.54) is 0 Å². The standard InChI is InChI=1S/C13H13BrClN3O/c14-7-4-10-8-16-12(15)17-11(10)18-13(9-19)5-2-1-3-6-13/h8-9H,1-3,5-6H2,(H,16,17,18). The predicted molar refractivity (Wildman–Crippen MR) is 78.3 cm³/mol. The molecule has 0 unspecified atom stereocenters. The predicted octanol–water partition coefficient (Wildman–Crippen LogP) is 3.15. The minimum absolute atomic E-state index is 0.138.